The van der Waals surface area contributed by atoms with Gasteiger partial charge in [-0.25, -0.2) is 9.29 Å². The summed E-state index contributed by atoms with van der Waals surface area (Å²) in [5.74, 6) is -0.538. The lowest BCUT2D eigenvalue weighted by Gasteiger charge is -2.15. The van der Waals surface area contributed by atoms with Crippen LogP contribution < -0.4 is 25.0 Å². The van der Waals surface area contributed by atoms with E-state index in [2.05, 4.69) is 10.6 Å². The van der Waals surface area contributed by atoms with E-state index in [1.54, 1.807) is 79.9 Å². The number of rotatable bonds is 9. The van der Waals surface area contributed by atoms with E-state index in [-0.39, 0.29) is 16.5 Å². The molecule has 0 bridgehead atoms. The first-order chi connectivity index (χ1) is 19.9. The van der Waals surface area contributed by atoms with Gasteiger partial charge in [0, 0.05) is 21.8 Å². The van der Waals surface area contributed by atoms with Gasteiger partial charge in [0.2, 0.25) is 0 Å². The molecule has 1 heterocycles. The number of benzene rings is 4. The molecule has 206 valence electrons. The quantitative estimate of drug-likeness (QED) is 0.236. The van der Waals surface area contributed by atoms with E-state index in [4.69, 9.17) is 9.47 Å². The number of ether oxygens (including phenoxy) is 2. The standard InChI is InChI=1S/C31H24FN3O5S/c1-39-24-13-7-21(8-14-24)33-27-28(31(38)35(30(27)37)23-11-15-25(40-2)16-12-23)41-26-17-9-22(10-18-26)34-29(36)19-3-5-20(32)6-4-19/h3-18,33H,1-2H3,(H,34,36). The molecule has 10 heteroatoms. The molecule has 4 aromatic carbocycles. The Bertz CT molecular complexity index is 1620. The molecular formula is C31H24FN3O5S. The minimum absolute atomic E-state index is 0.134. The molecule has 0 fully saturated rings. The van der Waals surface area contributed by atoms with E-state index in [0.29, 0.717) is 39.0 Å². The second kappa shape index (κ2) is 12.0. The van der Waals surface area contributed by atoms with Crippen molar-refractivity contribution >= 4 is 46.5 Å². The first-order valence-electron chi connectivity index (χ1n) is 12.4. The number of methoxy groups -OCH3 is 2. The van der Waals surface area contributed by atoms with Gasteiger partial charge in [0.15, 0.2) is 0 Å². The van der Waals surface area contributed by atoms with Crippen LogP contribution >= 0.6 is 11.8 Å². The van der Waals surface area contributed by atoms with Crippen LogP contribution in [0.4, 0.5) is 21.5 Å². The fraction of sp³-hybridized carbons (Fsp3) is 0.0645. The van der Waals surface area contributed by atoms with Crippen LogP contribution in [0.3, 0.4) is 0 Å². The Hall–Kier alpha value is -5.09. The lowest BCUT2D eigenvalue weighted by molar-refractivity contribution is -0.120. The number of carbonyl (C=O) groups excluding carboxylic acids is 3. The Labute approximate surface area is 239 Å². The highest BCUT2D eigenvalue weighted by Crippen LogP contribution is 2.38. The fourth-order valence-electron chi connectivity index (χ4n) is 4.03. The maximum atomic E-state index is 13.6. The minimum atomic E-state index is -0.498. The normalized spacial score (nSPS) is 12.9. The molecule has 2 N–H and O–H groups in total. The van der Waals surface area contributed by atoms with Crippen molar-refractivity contribution < 1.29 is 28.2 Å². The molecule has 1 aliphatic rings. The molecule has 0 saturated carbocycles. The van der Waals surface area contributed by atoms with Gasteiger partial charge in [-0.05, 0) is 97.1 Å². The van der Waals surface area contributed by atoms with Gasteiger partial charge in [-0.1, -0.05) is 11.8 Å². The van der Waals surface area contributed by atoms with Crippen LogP contribution in [0.2, 0.25) is 0 Å². The summed E-state index contributed by atoms with van der Waals surface area (Å²) >= 11 is 1.13. The van der Waals surface area contributed by atoms with E-state index in [1.165, 1.54) is 31.4 Å². The largest absolute Gasteiger partial charge is 0.497 e. The summed E-state index contributed by atoms with van der Waals surface area (Å²) < 4.78 is 23.6. The predicted molar refractivity (Wildman–Crippen MR) is 156 cm³/mol. The number of amides is 3. The first-order valence-corrected chi connectivity index (χ1v) is 13.2. The van der Waals surface area contributed by atoms with Crippen LogP contribution in [0.5, 0.6) is 11.5 Å². The number of anilines is 3. The molecule has 0 spiro atoms. The van der Waals surface area contributed by atoms with Crippen molar-refractivity contribution in [3.05, 3.63) is 119 Å². The van der Waals surface area contributed by atoms with Gasteiger partial charge in [0.25, 0.3) is 17.7 Å². The minimum Gasteiger partial charge on any atom is -0.497 e. The van der Waals surface area contributed by atoms with E-state index >= 15 is 0 Å². The number of carbonyl (C=O) groups is 3. The van der Waals surface area contributed by atoms with E-state index in [0.717, 1.165) is 16.7 Å². The van der Waals surface area contributed by atoms with Crippen LogP contribution in [0.15, 0.2) is 113 Å². The third kappa shape index (κ3) is 6.07. The van der Waals surface area contributed by atoms with Crippen LogP contribution in [0, 0.1) is 5.82 Å². The van der Waals surface area contributed by atoms with Crippen molar-refractivity contribution in [1.82, 2.24) is 0 Å². The van der Waals surface area contributed by atoms with Gasteiger partial charge in [-0.15, -0.1) is 0 Å². The molecule has 5 rings (SSSR count). The zero-order chi connectivity index (χ0) is 28.9. The highest BCUT2D eigenvalue weighted by Gasteiger charge is 2.40. The molecule has 3 amide bonds. The Balaban J connectivity index is 1.40. The molecule has 0 aromatic heterocycles. The maximum absolute atomic E-state index is 13.6. The summed E-state index contributed by atoms with van der Waals surface area (Å²) in [6, 6.07) is 25.7. The number of imide groups is 1. The van der Waals surface area contributed by atoms with Crippen LogP contribution in [0.25, 0.3) is 0 Å². The number of hydrogen-bond acceptors (Lipinski definition) is 7. The molecule has 0 saturated heterocycles. The fourth-order valence-corrected chi connectivity index (χ4v) is 4.95. The van der Waals surface area contributed by atoms with E-state index < -0.39 is 17.6 Å². The summed E-state index contributed by atoms with van der Waals surface area (Å²) in [6.45, 7) is 0. The number of thioether (sulfide) groups is 1. The summed E-state index contributed by atoms with van der Waals surface area (Å²) in [4.78, 5) is 41.7. The van der Waals surface area contributed by atoms with Gasteiger partial charge in [0.1, 0.15) is 27.9 Å². The summed E-state index contributed by atoms with van der Waals surface area (Å²) in [5.41, 5.74) is 1.98. The molecule has 0 radical (unpaired) electrons. The monoisotopic (exact) mass is 569 g/mol. The van der Waals surface area contributed by atoms with Crippen LogP contribution in [0.1, 0.15) is 10.4 Å². The van der Waals surface area contributed by atoms with Gasteiger partial charge >= 0.3 is 0 Å². The third-order valence-electron chi connectivity index (χ3n) is 6.17. The second-order valence-corrected chi connectivity index (χ2v) is 9.87. The van der Waals surface area contributed by atoms with Gasteiger partial charge in [-0.3, -0.25) is 14.4 Å². The Morgan fingerprint density at radius 2 is 1.29 bits per heavy atom. The molecule has 8 nitrogen and oxygen atoms in total. The molecule has 1 aliphatic heterocycles. The van der Waals surface area contributed by atoms with Gasteiger partial charge < -0.3 is 20.1 Å². The summed E-state index contributed by atoms with van der Waals surface area (Å²) in [6.07, 6.45) is 0. The van der Waals surface area contributed by atoms with Crippen molar-refractivity contribution in [3.8, 4) is 11.5 Å². The summed E-state index contributed by atoms with van der Waals surface area (Å²) in [7, 11) is 3.10. The van der Waals surface area contributed by atoms with Crippen molar-refractivity contribution in [2.45, 2.75) is 4.90 Å². The Morgan fingerprint density at radius 1 is 0.732 bits per heavy atom. The topological polar surface area (TPSA) is 97.0 Å². The second-order valence-electron chi connectivity index (χ2n) is 8.79. The van der Waals surface area contributed by atoms with Crippen LogP contribution in [-0.4, -0.2) is 31.9 Å². The molecule has 41 heavy (non-hydrogen) atoms. The number of hydrogen-bond donors (Lipinski definition) is 2. The van der Waals surface area contributed by atoms with Crippen molar-refractivity contribution in [3.63, 3.8) is 0 Å². The maximum Gasteiger partial charge on any atom is 0.283 e. The smallest absolute Gasteiger partial charge is 0.283 e. The molecule has 0 unspecified atom stereocenters. The highest BCUT2D eigenvalue weighted by atomic mass is 32.2. The lowest BCUT2D eigenvalue weighted by atomic mass is 10.2. The Kier molecular flexibility index (Phi) is 8.02. The zero-order valence-electron chi connectivity index (χ0n) is 22.0. The first kappa shape index (κ1) is 27.5. The number of halogens is 1. The highest BCUT2D eigenvalue weighted by molar-refractivity contribution is 8.04. The van der Waals surface area contributed by atoms with Crippen molar-refractivity contribution in [1.29, 1.82) is 0 Å². The van der Waals surface area contributed by atoms with Crippen molar-refractivity contribution in [2.75, 3.05) is 29.8 Å². The van der Waals surface area contributed by atoms with Crippen molar-refractivity contribution in [2.24, 2.45) is 0 Å². The summed E-state index contributed by atoms with van der Waals surface area (Å²) in [5, 5.41) is 5.87. The average Bonchev–Trinajstić information content (AvgIpc) is 3.22. The lowest BCUT2D eigenvalue weighted by Crippen LogP contribution is -2.32. The van der Waals surface area contributed by atoms with Gasteiger partial charge in [-0.2, -0.15) is 0 Å². The molecular weight excluding hydrogens is 545 g/mol. The zero-order valence-corrected chi connectivity index (χ0v) is 22.8. The third-order valence-corrected chi connectivity index (χ3v) is 7.26. The number of nitrogens with zero attached hydrogens (tertiary/aromatic N) is 1. The van der Waals surface area contributed by atoms with Crippen LogP contribution in [-0.2, 0) is 9.59 Å². The molecule has 4 aromatic rings. The number of nitrogens with one attached hydrogen (secondary N) is 2. The molecule has 0 atom stereocenters. The average molecular weight is 570 g/mol. The van der Waals surface area contributed by atoms with E-state index in [1.807, 2.05) is 0 Å². The molecule has 0 aliphatic carbocycles. The SMILES string of the molecule is COc1ccc(NC2=C(Sc3ccc(NC(=O)c4ccc(F)cc4)cc3)C(=O)N(c3ccc(OC)cc3)C2=O)cc1. The Morgan fingerprint density at radius 3 is 1.88 bits per heavy atom. The van der Waals surface area contributed by atoms with E-state index in [9.17, 15) is 18.8 Å². The predicted octanol–water partition coefficient (Wildman–Crippen LogP) is 6.08. The van der Waals surface area contributed by atoms with Gasteiger partial charge in [0.05, 0.1) is 19.9 Å².